The van der Waals surface area contributed by atoms with Crippen molar-refractivity contribution in [1.82, 2.24) is 19.1 Å². The van der Waals surface area contributed by atoms with Crippen LogP contribution in [-0.4, -0.2) is 25.0 Å². The molecule has 0 spiro atoms. The molecule has 9 heteroatoms. The Morgan fingerprint density at radius 1 is 1.30 bits per heavy atom. The number of benzene rings is 1. The first-order valence-corrected chi connectivity index (χ1v) is 9.40. The van der Waals surface area contributed by atoms with E-state index in [2.05, 4.69) is 15.3 Å². The van der Waals surface area contributed by atoms with Crippen molar-refractivity contribution in [3.8, 4) is 0 Å². The average Bonchev–Trinajstić information content (AvgIpc) is 3.17. The van der Waals surface area contributed by atoms with Crippen LogP contribution in [0, 0.1) is 13.8 Å². The molecule has 4 rings (SSSR count). The van der Waals surface area contributed by atoms with Crippen LogP contribution >= 0.6 is 22.9 Å². The van der Waals surface area contributed by atoms with E-state index in [1.54, 1.807) is 23.9 Å². The molecule has 3 heterocycles. The third-order valence-electron chi connectivity index (χ3n) is 4.35. The fourth-order valence-electron chi connectivity index (χ4n) is 3.01. The molecule has 0 bridgehead atoms. The molecule has 27 heavy (non-hydrogen) atoms. The van der Waals surface area contributed by atoms with Crippen molar-refractivity contribution in [3.63, 3.8) is 0 Å². The zero-order chi connectivity index (χ0) is 19.3. The first-order chi connectivity index (χ1) is 12.8. The van der Waals surface area contributed by atoms with E-state index in [0.717, 1.165) is 21.3 Å². The van der Waals surface area contributed by atoms with Crippen molar-refractivity contribution in [2.24, 2.45) is 7.05 Å². The number of carbonyl (C=O) groups excluding carboxylic acids is 1. The van der Waals surface area contributed by atoms with Crippen molar-refractivity contribution in [1.29, 1.82) is 0 Å². The van der Waals surface area contributed by atoms with Crippen LogP contribution in [0.3, 0.4) is 0 Å². The molecule has 1 N–H and O–H groups in total. The molecule has 0 aliphatic carbocycles. The summed E-state index contributed by atoms with van der Waals surface area (Å²) < 4.78 is 4.01. The first-order valence-electron chi connectivity index (χ1n) is 8.21. The predicted octanol–water partition coefficient (Wildman–Crippen LogP) is 3.25. The normalized spacial score (nSPS) is 11.4. The van der Waals surface area contributed by atoms with Gasteiger partial charge in [0.2, 0.25) is 5.91 Å². The second kappa shape index (κ2) is 6.47. The predicted molar refractivity (Wildman–Crippen MR) is 108 cm³/mol. The number of amides is 1. The van der Waals surface area contributed by atoms with Crippen molar-refractivity contribution >= 4 is 55.2 Å². The highest BCUT2D eigenvalue weighted by Gasteiger charge is 2.15. The van der Waals surface area contributed by atoms with Crippen LogP contribution in [-0.2, 0) is 18.4 Å². The lowest BCUT2D eigenvalue weighted by atomic mass is 10.2. The van der Waals surface area contributed by atoms with Crippen LogP contribution in [0.1, 0.15) is 11.1 Å². The van der Waals surface area contributed by atoms with Gasteiger partial charge < -0.3 is 14.5 Å². The lowest BCUT2D eigenvalue weighted by Crippen LogP contribution is -2.23. The second-order valence-electron chi connectivity index (χ2n) is 6.43. The van der Waals surface area contributed by atoms with Crippen LogP contribution in [0.4, 0.5) is 5.13 Å². The fourth-order valence-corrected chi connectivity index (χ4v) is 4.13. The maximum absolute atomic E-state index is 12.5. The summed E-state index contributed by atoms with van der Waals surface area (Å²) in [6.07, 6.45) is 3.25. The Morgan fingerprint density at radius 2 is 2.07 bits per heavy atom. The van der Waals surface area contributed by atoms with E-state index in [0.29, 0.717) is 21.2 Å². The van der Waals surface area contributed by atoms with Gasteiger partial charge in [-0.25, -0.2) is 9.97 Å². The van der Waals surface area contributed by atoms with E-state index in [-0.39, 0.29) is 18.0 Å². The van der Waals surface area contributed by atoms with Crippen LogP contribution in [0.5, 0.6) is 0 Å². The number of carbonyl (C=O) groups is 1. The van der Waals surface area contributed by atoms with Gasteiger partial charge in [-0.2, -0.15) is 0 Å². The molecule has 7 nitrogen and oxygen atoms in total. The highest BCUT2D eigenvalue weighted by atomic mass is 35.5. The number of rotatable bonds is 3. The van der Waals surface area contributed by atoms with Crippen molar-refractivity contribution in [2.45, 2.75) is 20.4 Å². The van der Waals surface area contributed by atoms with Gasteiger partial charge in [-0.05, 0) is 37.1 Å². The van der Waals surface area contributed by atoms with E-state index in [9.17, 15) is 9.59 Å². The zero-order valence-corrected chi connectivity index (χ0v) is 16.5. The molecule has 1 aromatic carbocycles. The van der Waals surface area contributed by atoms with Gasteiger partial charge in [0, 0.05) is 18.3 Å². The van der Waals surface area contributed by atoms with Gasteiger partial charge in [-0.15, -0.1) is 0 Å². The van der Waals surface area contributed by atoms with E-state index in [1.165, 1.54) is 22.2 Å². The number of hydrogen-bond donors (Lipinski definition) is 1. The maximum atomic E-state index is 12.5. The molecule has 3 aromatic heterocycles. The number of aromatic nitrogens is 4. The van der Waals surface area contributed by atoms with Crippen LogP contribution in [0.15, 0.2) is 29.5 Å². The van der Waals surface area contributed by atoms with Gasteiger partial charge in [-0.1, -0.05) is 22.9 Å². The number of anilines is 1. The summed E-state index contributed by atoms with van der Waals surface area (Å²) >= 11 is 7.51. The van der Waals surface area contributed by atoms with Gasteiger partial charge >= 0.3 is 0 Å². The molecule has 138 valence electrons. The lowest BCUT2D eigenvalue weighted by molar-refractivity contribution is -0.116. The molecule has 0 saturated heterocycles. The molecular weight excluding hydrogens is 386 g/mol. The van der Waals surface area contributed by atoms with Crippen molar-refractivity contribution in [2.75, 3.05) is 5.32 Å². The summed E-state index contributed by atoms with van der Waals surface area (Å²) in [6.45, 7) is 3.78. The van der Waals surface area contributed by atoms with E-state index in [1.807, 2.05) is 19.9 Å². The third kappa shape index (κ3) is 3.11. The molecule has 0 fully saturated rings. The molecular formula is C18H16ClN5O2S. The number of hydrogen-bond acceptors (Lipinski definition) is 5. The minimum Gasteiger partial charge on any atom is -0.317 e. The maximum Gasteiger partial charge on any atom is 0.276 e. The Bertz CT molecular complexity index is 1230. The Balaban J connectivity index is 1.62. The summed E-state index contributed by atoms with van der Waals surface area (Å²) in [5.74, 6) is -0.278. The largest absolute Gasteiger partial charge is 0.317 e. The van der Waals surface area contributed by atoms with Crippen LogP contribution < -0.4 is 10.9 Å². The topological polar surface area (TPSA) is 81.8 Å². The zero-order valence-electron chi connectivity index (χ0n) is 14.9. The van der Waals surface area contributed by atoms with E-state index in [4.69, 9.17) is 11.6 Å². The molecule has 0 unspecified atom stereocenters. The number of nitrogens with zero attached hydrogens (tertiary/aromatic N) is 4. The first kappa shape index (κ1) is 17.7. The molecule has 0 aliphatic heterocycles. The quantitative estimate of drug-likeness (QED) is 0.571. The van der Waals surface area contributed by atoms with Gasteiger partial charge in [0.1, 0.15) is 12.1 Å². The summed E-state index contributed by atoms with van der Waals surface area (Å²) in [4.78, 5) is 33.6. The molecule has 1 amide bonds. The van der Waals surface area contributed by atoms with E-state index < -0.39 is 0 Å². The number of pyridine rings is 1. The van der Waals surface area contributed by atoms with Crippen LogP contribution in [0.2, 0.25) is 5.02 Å². The summed E-state index contributed by atoms with van der Waals surface area (Å²) in [5.41, 5.74) is 3.41. The number of thiazole rings is 1. The number of halogens is 1. The number of nitrogens with one attached hydrogen (secondary N) is 1. The molecule has 0 saturated carbocycles. The Hall–Kier alpha value is -2.71. The highest BCUT2D eigenvalue weighted by molar-refractivity contribution is 7.22. The Labute approximate surface area is 163 Å². The second-order valence-corrected chi connectivity index (χ2v) is 7.87. The summed E-state index contributed by atoms with van der Waals surface area (Å²) in [7, 11) is 1.68. The summed E-state index contributed by atoms with van der Waals surface area (Å²) in [5, 5.41) is 3.92. The SMILES string of the molecule is Cc1cc2sc(NC(=O)Cn3cnc4c(C)cn(C)c(=O)c43)nc2cc1Cl. The summed E-state index contributed by atoms with van der Waals surface area (Å²) in [6, 6.07) is 3.73. The van der Waals surface area contributed by atoms with Gasteiger partial charge in [0.15, 0.2) is 5.13 Å². The van der Waals surface area contributed by atoms with E-state index >= 15 is 0 Å². The highest BCUT2D eigenvalue weighted by Crippen LogP contribution is 2.30. The third-order valence-corrected chi connectivity index (χ3v) is 5.69. The number of imidazole rings is 1. The smallest absolute Gasteiger partial charge is 0.276 e. The molecule has 0 atom stereocenters. The van der Waals surface area contributed by atoms with Crippen molar-refractivity contribution < 1.29 is 4.79 Å². The average molecular weight is 402 g/mol. The molecule has 0 radical (unpaired) electrons. The number of aryl methyl sites for hydroxylation is 3. The van der Waals surface area contributed by atoms with Crippen molar-refractivity contribution in [3.05, 3.63) is 51.2 Å². The lowest BCUT2D eigenvalue weighted by Gasteiger charge is -2.06. The molecule has 4 aromatic rings. The minimum atomic E-state index is -0.278. The van der Waals surface area contributed by atoms with Gasteiger partial charge in [0.25, 0.3) is 5.56 Å². The van der Waals surface area contributed by atoms with Gasteiger partial charge in [-0.3, -0.25) is 9.59 Å². The number of fused-ring (bicyclic) bond motifs is 2. The Kier molecular flexibility index (Phi) is 4.24. The molecule has 0 aliphatic rings. The fraction of sp³-hybridized carbons (Fsp3) is 0.222. The van der Waals surface area contributed by atoms with Crippen LogP contribution in [0.25, 0.3) is 21.3 Å². The Morgan fingerprint density at radius 3 is 2.85 bits per heavy atom. The standard InChI is InChI=1S/C18H16ClN5O2S/c1-9-4-13-12(5-11(9)19)21-18(27-13)22-14(25)7-24-8-20-15-10(2)6-23(3)17(26)16(15)24/h4-6,8H,7H2,1-3H3,(H,21,22,25). The monoisotopic (exact) mass is 401 g/mol. The minimum absolute atomic E-state index is 0.0229. The van der Waals surface area contributed by atoms with Gasteiger partial charge in [0.05, 0.1) is 22.1 Å².